The Bertz CT molecular complexity index is 719. The van der Waals surface area contributed by atoms with Crippen LogP contribution >= 0.6 is 0 Å². The van der Waals surface area contributed by atoms with Crippen molar-refractivity contribution in [1.82, 2.24) is 24.8 Å². The number of carbonyl (C=O) groups is 1. The van der Waals surface area contributed by atoms with Crippen molar-refractivity contribution in [3.05, 3.63) is 29.7 Å². The summed E-state index contributed by atoms with van der Waals surface area (Å²) in [5.74, 6) is 0.335. The van der Waals surface area contributed by atoms with E-state index in [9.17, 15) is 4.79 Å². The fourth-order valence-corrected chi connectivity index (χ4v) is 4.14. The van der Waals surface area contributed by atoms with Crippen molar-refractivity contribution in [3.8, 4) is 0 Å². The van der Waals surface area contributed by atoms with Crippen LogP contribution in [0.1, 0.15) is 54.1 Å². The minimum Gasteiger partial charge on any atom is -0.355 e. The molecule has 1 aliphatic carbocycles. The lowest BCUT2D eigenvalue weighted by Crippen LogP contribution is -2.30. The first-order chi connectivity index (χ1) is 11.3. The summed E-state index contributed by atoms with van der Waals surface area (Å²) >= 11 is 0. The molecule has 1 N–H and O–H groups in total. The molecule has 1 aliphatic heterocycles. The van der Waals surface area contributed by atoms with Crippen molar-refractivity contribution < 1.29 is 4.79 Å². The Morgan fingerprint density at radius 3 is 2.91 bits per heavy atom. The van der Waals surface area contributed by atoms with Crippen LogP contribution in [0.4, 0.5) is 0 Å². The Kier molecular flexibility index (Phi) is 3.77. The van der Waals surface area contributed by atoms with Gasteiger partial charge < -0.3 is 5.32 Å². The second-order valence-electron chi connectivity index (χ2n) is 6.66. The van der Waals surface area contributed by atoms with Crippen molar-refractivity contribution in [2.45, 2.75) is 44.1 Å². The van der Waals surface area contributed by atoms with E-state index in [1.165, 1.54) is 37.9 Å². The number of fused-ring (bicyclic) bond motifs is 1. The highest BCUT2D eigenvalue weighted by atomic mass is 16.1. The maximum absolute atomic E-state index is 11.9. The van der Waals surface area contributed by atoms with Crippen LogP contribution in [0.25, 0.3) is 5.65 Å². The monoisotopic (exact) mass is 313 g/mol. The molecular weight excluding hydrogens is 290 g/mol. The normalized spacial score (nSPS) is 22.9. The molecule has 0 aromatic carbocycles. The van der Waals surface area contributed by atoms with Crippen LogP contribution in [0.5, 0.6) is 0 Å². The molecule has 6 heteroatoms. The molecular formula is C17H23N5O. The standard InChI is InChI=1S/C17H23N5O/c1-18-17(23)14-10-20-22-15(6-8-19-16(14)22)12-7-9-21(11-12)13-4-2-3-5-13/h6,8,10,12-13H,2-5,7,9,11H2,1H3,(H,18,23)/t12-/m0/s1. The molecule has 2 fully saturated rings. The number of hydrogen-bond donors (Lipinski definition) is 1. The zero-order valence-electron chi connectivity index (χ0n) is 13.5. The van der Waals surface area contributed by atoms with Crippen molar-refractivity contribution in [3.63, 3.8) is 0 Å². The Balaban J connectivity index is 1.62. The summed E-state index contributed by atoms with van der Waals surface area (Å²) in [4.78, 5) is 18.9. The summed E-state index contributed by atoms with van der Waals surface area (Å²) in [6, 6.07) is 2.83. The van der Waals surface area contributed by atoms with Gasteiger partial charge in [0.05, 0.1) is 11.9 Å². The molecule has 0 bridgehead atoms. The van der Waals surface area contributed by atoms with Crippen LogP contribution in [-0.4, -0.2) is 51.6 Å². The number of amides is 1. The molecule has 2 aliphatic rings. The summed E-state index contributed by atoms with van der Waals surface area (Å²) < 4.78 is 1.85. The van der Waals surface area contributed by atoms with Gasteiger partial charge in [0.15, 0.2) is 5.65 Å². The summed E-state index contributed by atoms with van der Waals surface area (Å²) in [7, 11) is 1.63. The van der Waals surface area contributed by atoms with E-state index < -0.39 is 0 Å². The van der Waals surface area contributed by atoms with E-state index in [0.29, 0.717) is 17.1 Å². The third kappa shape index (κ3) is 2.51. The lowest BCUT2D eigenvalue weighted by molar-refractivity contribution is 0.0964. The van der Waals surface area contributed by atoms with Gasteiger partial charge in [-0.15, -0.1) is 0 Å². The SMILES string of the molecule is CNC(=O)c1cnn2c([C@H]3CCN(C4CCCC4)C3)ccnc12. The summed E-state index contributed by atoms with van der Waals surface area (Å²) in [6.07, 6.45) is 10.0. The Morgan fingerprint density at radius 1 is 1.30 bits per heavy atom. The van der Waals surface area contributed by atoms with Crippen molar-refractivity contribution in [2.24, 2.45) is 0 Å². The number of likely N-dealkylation sites (tertiary alicyclic amines) is 1. The van der Waals surface area contributed by atoms with Crippen LogP contribution < -0.4 is 5.32 Å². The fraction of sp³-hybridized carbons (Fsp3) is 0.588. The fourth-order valence-electron chi connectivity index (χ4n) is 4.14. The molecule has 1 saturated carbocycles. The molecule has 0 radical (unpaired) electrons. The van der Waals surface area contributed by atoms with Crippen molar-refractivity contribution >= 4 is 11.6 Å². The highest BCUT2D eigenvalue weighted by molar-refractivity contribution is 5.99. The predicted molar refractivity (Wildman–Crippen MR) is 87.6 cm³/mol. The zero-order valence-corrected chi connectivity index (χ0v) is 13.5. The van der Waals surface area contributed by atoms with Crippen LogP contribution in [-0.2, 0) is 0 Å². The zero-order chi connectivity index (χ0) is 15.8. The third-order valence-electron chi connectivity index (χ3n) is 5.38. The van der Waals surface area contributed by atoms with Gasteiger partial charge in [0.1, 0.15) is 5.56 Å². The summed E-state index contributed by atoms with van der Waals surface area (Å²) in [5.41, 5.74) is 2.37. The minimum atomic E-state index is -0.136. The highest BCUT2D eigenvalue weighted by Crippen LogP contribution is 2.33. The molecule has 0 spiro atoms. The first kappa shape index (κ1) is 14.6. The number of rotatable bonds is 3. The second-order valence-corrected chi connectivity index (χ2v) is 6.66. The molecule has 1 saturated heterocycles. The third-order valence-corrected chi connectivity index (χ3v) is 5.38. The van der Waals surface area contributed by atoms with E-state index >= 15 is 0 Å². The van der Waals surface area contributed by atoms with Gasteiger partial charge in [-0.3, -0.25) is 9.69 Å². The minimum absolute atomic E-state index is 0.136. The maximum Gasteiger partial charge on any atom is 0.256 e. The first-order valence-electron chi connectivity index (χ1n) is 8.56. The van der Waals surface area contributed by atoms with E-state index in [2.05, 4.69) is 26.4 Å². The quantitative estimate of drug-likeness (QED) is 0.939. The highest BCUT2D eigenvalue weighted by Gasteiger charge is 2.32. The van der Waals surface area contributed by atoms with E-state index in [-0.39, 0.29) is 5.91 Å². The second kappa shape index (κ2) is 5.92. The van der Waals surface area contributed by atoms with Gasteiger partial charge in [-0.25, -0.2) is 9.50 Å². The van der Waals surface area contributed by atoms with Crippen LogP contribution in [0, 0.1) is 0 Å². The van der Waals surface area contributed by atoms with Crippen molar-refractivity contribution in [1.29, 1.82) is 0 Å². The smallest absolute Gasteiger partial charge is 0.256 e. The molecule has 1 atom stereocenters. The molecule has 1 amide bonds. The largest absolute Gasteiger partial charge is 0.355 e. The predicted octanol–water partition coefficient (Wildman–Crippen LogP) is 1.82. The first-order valence-corrected chi connectivity index (χ1v) is 8.56. The number of aromatic nitrogens is 3. The molecule has 6 nitrogen and oxygen atoms in total. The van der Waals surface area contributed by atoms with Gasteiger partial charge in [-0.1, -0.05) is 12.8 Å². The number of carbonyl (C=O) groups excluding carboxylic acids is 1. The molecule has 122 valence electrons. The van der Waals surface area contributed by atoms with Crippen molar-refractivity contribution in [2.75, 3.05) is 20.1 Å². The summed E-state index contributed by atoms with van der Waals surface area (Å²) in [5, 5.41) is 7.08. The van der Waals surface area contributed by atoms with E-state index in [4.69, 9.17) is 0 Å². The number of nitrogens with zero attached hydrogens (tertiary/aromatic N) is 4. The maximum atomic E-state index is 11.9. The van der Waals surface area contributed by atoms with Gasteiger partial charge >= 0.3 is 0 Å². The molecule has 4 rings (SSSR count). The molecule has 0 unspecified atom stereocenters. The van der Waals surface area contributed by atoms with Crippen LogP contribution in [0.3, 0.4) is 0 Å². The average Bonchev–Trinajstić information content (AvgIpc) is 3.32. The van der Waals surface area contributed by atoms with Gasteiger partial charge in [0.25, 0.3) is 5.91 Å². The van der Waals surface area contributed by atoms with Gasteiger partial charge in [0.2, 0.25) is 0 Å². The van der Waals surface area contributed by atoms with E-state index in [1.54, 1.807) is 19.4 Å². The Labute approximate surface area is 135 Å². The van der Waals surface area contributed by atoms with E-state index in [0.717, 1.165) is 19.0 Å². The van der Waals surface area contributed by atoms with Gasteiger partial charge in [0, 0.05) is 31.7 Å². The average molecular weight is 313 g/mol. The van der Waals surface area contributed by atoms with E-state index in [1.807, 2.05) is 4.52 Å². The lowest BCUT2D eigenvalue weighted by atomic mass is 10.0. The summed E-state index contributed by atoms with van der Waals surface area (Å²) in [6.45, 7) is 2.27. The molecule has 3 heterocycles. The molecule has 2 aromatic heterocycles. The van der Waals surface area contributed by atoms with Crippen LogP contribution in [0.15, 0.2) is 18.5 Å². The topological polar surface area (TPSA) is 62.5 Å². The molecule has 2 aromatic rings. The number of hydrogen-bond acceptors (Lipinski definition) is 4. The van der Waals surface area contributed by atoms with Gasteiger partial charge in [-0.2, -0.15) is 5.10 Å². The van der Waals surface area contributed by atoms with Crippen LogP contribution in [0.2, 0.25) is 0 Å². The Morgan fingerprint density at radius 2 is 2.13 bits per heavy atom. The number of nitrogens with one attached hydrogen (secondary N) is 1. The Hall–Kier alpha value is -1.95. The molecule has 23 heavy (non-hydrogen) atoms. The van der Waals surface area contributed by atoms with Gasteiger partial charge in [-0.05, 0) is 31.9 Å². The lowest BCUT2D eigenvalue weighted by Gasteiger charge is -2.23.